The lowest BCUT2D eigenvalue weighted by atomic mass is 10.0. The first-order valence-corrected chi connectivity index (χ1v) is 12.3. The van der Waals surface area contributed by atoms with Crippen LogP contribution < -0.4 is 10.2 Å². The molecule has 0 spiro atoms. The van der Waals surface area contributed by atoms with Gasteiger partial charge in [-0.25, -0.2) is 0 Å². The van der Waals surface area contributed by atoms with Crippen LogP contribution in [0.25, 0.3) is 6.08 Å². The first-order chi connectivity index (χ1) is 17.2. The molecule has 3 amide bonds. The minimum absolute atomic E-state index is 0.0901. The van der Waals surface area contributed by atoms with Gasteiger partial charge in [-0.05, 0) is 53.1 Å². The molecule has 1 N–H and O–H groups in total. The summed E-state index contributed by atoms with van der Waals surface area (Å²) in [5.41, 5.74) is 2.50. The number of rotatable bonds is 7. The average molecular weight is 511 g/mol. The van der Waals surface area contributed by atoms with Crippen LogP contribution in [-0.4, -0.2) is 59.7 Å². The van der Waals surface area contributed by atoms with Crippen LogP contribution in [0.5, 0.6) is 0 Å². The summed E-state index contributed by atoms with van der Waals surface area (Å²) in [6, 6.07) is 12.0. The molecule has 2 aliphatic heterocycles. The summed E-state index contributed by atoms with van der Waals surface area (Å²) in [7, 11) is 0. The molecule has 0 aliphatic carbocycles. The molecule has 2 aliphatic rings. The third-order valence-electron chi connectivity index (χ3n) is 5.88. The van der Waals surface area contributed by atoms with E-state index in [2.05, 4.69) is 19.2 Å². The molecule has 10 nitrogen and oxygen atoms in total. The van der Waals surface area contributed by atoms with E-state index in [9.17, 15) is 24.5 Å². The molecule has 0 radical (unpaired) electrons. The number of benzene rings is 2. The van der Waals surface area contributed by atoms with Gasteiger partial charge in [0.15, 0.2) is 0 Å². The maximum atomic E-state index is 12.8. The number of ether oxygens (including phenoxy) is 1. The number of morpholine rings is 1. The second kappa shape index (κ2) is 10.9. The lowest BCUT2D eigenvalue weighted by molar-refractivity contribution is -0.384. The quantitative estimate of drug-likeness (QED) is 0.334. The minimum Gasteiger partial charge on any atom is -0.378 e. The fourth-order valence-corrected chi connectivity index (χ4v) is 4.77. The van der Waals surface area contributed by atoms with Crippen molar-refractivity contribution < 1.29 is 24.0 Å². The van der Waals surface area contributed by atoms with Gasteiger partial charge in [0.1, 0.15) is 12.2 Å². The number of carbonyl (C=O) groups excluding carboxylic acids is 3. The fourth-order valence-electron chi connectivity index (χ4n) is 3.93. The Labute approximate surface area is 212 Å². The first-order valence-electron chi connectivity index (χ1n) is 11.5. The maximum absolute atomic E-state index is 12.8. The van der Waals surface area contributed by atoms with Crippen molar-refractivity contribution in [1.29, 1.82) is 0 Å². The molecule has 4 rings (SSSR count). The lowest BCUT2D eigenvalue weighted by Crippen LogP contribution is -2.36. The van der Waals surface area contributed by atoms with Gasteiger partial charge in [0.25, 0.3) is 16.8 Å². The Bertz CT molecular complexity index is 1220. The van der Waals surface area contributed by atoms with Gasteiger partial charge >= 0.3 is 0 Å². The topological polar surface area (TPSA) is 122 Å². The van der Waals surface area contributed by atoms with Gasteiger partial charge in [0.2, 0.25) is 5.91 Å². The summed E-state index contributed by atoms with van der Waals surface area (Å²) >= 11 is 0.698. The van der Waals surface area contributed by atoms with Crippen LogP contribution in [0.15, 0.2) is 47.4 Å². The van der Waals surface area contributed by atoms with Crippen LogP contribution in [0.2, 0.25) is 0 Å². The number of hydrogen-bond acceptors (Lipinski definition) is 8. The van der Waals surface area contributed by atoms with E-state index in [1.54, 1.807) is 24.3 Å². The summed E-state index contributed by atoms with van der Waals surface area (Å²) in [5.74, 6) is -0.759. The summed E-state index contributed by atoms with van der Waals surface area (Å²) < 4.78 is 5.31. The minimum atomic E-state index is -0.616. The third-order valence-corrected chi connectivity index (χ3v) is 6.79. The van der Waals surface area contributed by atoms with Crippen molar-refractivity contribution in [2.75, 3.05) is 43.1 Å². The Hall–Kier alpha value is -3.70. The number of imide groups is 1. The van der Waals surface area contributed by atoms with Crippen molar-refractivity contribution in [2.45, 2.75) is 19.8 Å². The molecule has 0 bridgehead atoms. The van der Waals surface area contributed by atoms with Gasteiger partial charge in [-0.2, -0.15) is 0 Å². The van der Waals surface area contributed by atoms with Crippen LogP contribution >= 0.6 is 11.8 Å². The van der Waals surface area contributed by atoms with E-state index < -0.39 is 28.5 Å². The van der Waals surface area contributed by atoms with Crippen LogP contribution in [0.1, 0.15) is 30.9 Å². The fraction of sp³-hybridized carbons (Fsp3) is 0.320. The summed E-state index contributed by atoms with van der Waals surface area (Å²) in [6.45, 7) is 5.77. The maximum Gasteiger partial charge on any atom is 0.294 e. The molecule has 2 aromatic carbocycles. The van der Waals surface area contributed by atoms with E-state index in [1.807, 2.05) is 17.0 Å². The number of amides is 3. The predicted octanol–water partition coefficient (Wildman–Crippen LogP) is 4.23. The second-order valence-electron chi connectivity index (χ2n) is 8.70. The number of nitrogens with zero attached hydrogens (tertiary/aromatic N) is 3. The van der Waals surface area contributed by atoms with E-state index in [0.29, 0.717) is 60.9 Å². The van der Waals surface area contributed by atoms with Crippen LogP contribution in [0.3, 0.4) is 0 Å². The smallest absolute Gasteiger partial charge is 0.294 e. The van der Waals surface area contributed by atoms with Crippen LogP contribution in [-0.2, 0) is 14.3 Å². The van der Waals surface area contributed by atoms with Gasteiger partial charge < -0.3 is 15.0 Å². The van der Waals surface area contributed by atoms with E-state index in [4.69, 9.17) is 4.74 Å². The normalized spacial score (nSPS) is 17.2. The lowest BCUT2D eigenvalue weighted by Gasteiger charge is -2.28. The Morgan fingerprint density at radius 3 is 2.50 bits per heavy atom. The number of carbonyl (C=O) groups is 3. The van der Waals surface area contributed by atoms with Crippen LogP contribution in [0.4, 0.5) is 21.9 Å². The standard InChI is InChI=1S/C25H26N4O6S/c1-16(2)18-4-6-19(7-5-18)26-23(30)15-28-24(31)22(36-25(28)32)14-17-3-8-20(21(13-17)29(33)34)27-9-11-35-12-10-27/h3-8,13-14,16H,9-12,15H2,1-2H3,(H,26,30)/b22-14-. The van der Waals surface area contributed by atoms with Crippen molar-refractivity contribution in [1.82, 2.24) is 4.90 Å². The van der Waals surface area contributed by atoms with E-state index in [0.717, 1.165) is 10.5 Å². The molecule has 0 atom stereocenters. The molecule has 188 valence electrons. The first kappa shape index (κ1) is 25.4. The van der Waals surface area contributed by atoms with E-state index in [1.165, 1.54) is 12.1 Å². The Kier molecular flexibility index (Phi) is 7.70. The third kappa shape index (κ3) is 5.74. The van der Waals surface area contributed by atoms with Gasteiger partial charge in [0, 0.05) is 24.8 Å². The zero-order valence-corrected chi connectivity index (χ0v) is 20.7. The molecule has 2 heterocycles. The Morgan fingerprint density at radius 2 is 1.86 bits per heavy atom. The number of thioether (sulfide) groups is 1. The number of nitro benzene ring substituents is 1. The molecule has 36 heavy (non-hydrogen) atoms. The van der Waals surface area contributed by atoms with E-state index >= 15 is 0 Å². The molecule has 2 fully saturated rings. The number of nitro groups is 1. The zero-order valence-electron chi connectivity index (χ0n) is 19.9. The molecule has 11 heteroatoms. The van der Waals surface area contributed by atoms with Gasteiger partial charge in [-0.15, -0.1) is 0 Å². The van der Waals surface area contributed by atoms with E-state index in [-0.39, 0.29) is 10.6 Å². The van der Waals surface area contributed by atoms with Crippen molar-refractivity contribution >= 4 is 52.0 Å². The van der Waals surface area contributed by atoms with Gasteiger partial charge in [0.05, 0.1) is 23.0 Å². The average Bonchev–Trinajstić information content (AvgIpc) is 3.12. The highest BCUT2D eigenvalue weighted by Crippen LogP contribution is 2.35. The van der Waals surface area contributed by atoms with Gasteiger partial charge in [-0.3, -0.25) is 29.4 Å². The largest absolute Gasteiger partial charge is 0.378 e. The Balaban J connectivity index is 1.46. The molecule has 0 unspecified atom stereocenters. The van der Waals surface area contributed by atoms with Crippen molar-refractivity contribution in [3.05, 3.63) is 68.6 Å². The molecule has 0 saturated carbocycles. The summed E-state index contributed by atoms with van der Waals surface area (Å²) in [6.07, 6.45) is 1.43. The second-order valence-corrected chi connectivity index (χ2v) is 9.69. The van der Waals surface area contributed by atoms with Crippen molar-refractivity contribution in [3.8, 4) is 0 Å². The van der Waals surface area contributed by atoms with Gasteiger partial charge in [-0.1, -0.05) is 32.0 Å². The van der Waals surface area contributed by atoms with Crippen LogP contribution in [0, 0.1) is 10.1 Å². The molecule has 0 aromatic heterocycles. The van der Waals surface area contributed by atoms with Crippen molar-refractivity contribution in [3.63, 3.8) is 0 Å². The number of hydrogen-bond donors (Lipinski definition) is 1. The SMILES string of the molecule is CC(C)c1ccc(NC(=O)CN2C(=O)S/C(=C\c3ccc(N4CCOCC4)c([N+](=O)[O-])c3)C2=O)cc1. The molecular formula is C25H26N4O6S. The summed E-state index contributed by atoms with van der Waals surface area (Å²) in [4.78, 5) is 51.8. The molecular weight excluding hydrogens is 484 g/mol. The summed E-state index contributed by atoms with van der Waals surface area (Å²) in [5, 5.41) is 13.8. The Morgan fingerprint density at radius 1 is 1.17 bits per heavy atom. The number of anilines is 2. The monoisotopic (exact) mass is 510 g/mol. The van der Waals surface area contributed by atoms with Crippen molar-refractivity contribution in [2.24, 2.45) is 0 Å². The highest BCUT2D eigenvalue weighted by Gasteiger charge is 2.36. The predicted molar refractivity (Wildman–Crippen MR) is 138 cm³/mol. The highest BCUT2D eigenvalue weighted by atomic mass is 32.2. The molecule has 2 saturated heterocycles. The molecule has 2 aromatic rings. The highest BCUT2D eigenvalue weighted by molar-refractivity contribution is 8.18. The zero-order chi connectivity index (χ0) is 25.8. The number of nitrogens with one attached hydrogen (secondary N) is 1.